The van der Waals surface area contributed by atoms with Gasteiger partial charge in [0.25, 0.3) is 5.91 Å². The van der Waals surface area contributed by atoms with Crippen LogP contribution in [0, 0.1) is 0 Å². The largest absolute Gasteiger partial charge is 0.361 e. The Kier molecular flexibility index (Phi) is 4.02. The maximum Gasteiger partial charge on any atom is 0.255 e. The molecule has 2 aromatic heterocycles. The number of benzene rings is 1. The second-order valence-corrected chi connectivity index (χ2v) is 5.00. The molecule has 0 saturated heterocycles. The van der Waals surface area contributed by atoms with Gasteiger partial charge in [0.1, 0.15) is 5.82 Å². The third kappa shape index (κ3) is 3.07. The van der Waals surface area contributed by atoms with Gasteiger partial charge in [0.05, 0.1) is 6.04 Å². The van der Waals surface area contributed by atoms with E-state index in [1.807, 2.05) is 36.5 Å². The number of aromatic nitrogens is 2. The van der Waals surface area contributed by atoms with E-state index in [0.29, 0.717) is 12.2 Å². The average Bonchev–Trinajstić information content (AvgIpc) is 2.97. The van der Waals surface area contributed by atoms with E-state index in [2.05, 4.69) is 20.8 Å². The predicted octanol–water partition coefficient (Wildman–Crippen LogP) is 1.58. The van der Waals surface area contributed by atoms with Crippen molar-refractivity contribution >= 4 is 22.6 Å². The average molecular weight is 295 g/mol. The van der Waals surface area contributed by atoms with Crippen molar-refractivity contribution in [1.29, 1.82) is 0 Å². The van der Waals surface area contributed by atoms with Gasteiger partial charge in [-0.3, -0.25) is 15.6 Å². The fourth-order valence-corrected chi connectivity index (χ4v) is 2.29. The number of amides is 1. The number of nitrogens with one attached hydrogen (secondary N) is 3. The van der Waals surface area contributed by atoms with Gasteiger partial charge in [-0.25, -0.2) is 4.98 Å². The van der Waals surface area contributed by atoms with Crippen LogP contribution < -0.4 is 16.6 Å². The van der Waals surface area contributed by atoms with Crippen molar-refractivity contribution in [2.45, 2.75) is 12.5 Å². The van der Waals surface area contributed by atoms with Gasteiger partial charge in [-0.1, -0.05) is 24.3 Å². The molecule has 3 aromatic rings. The monoisotopic (exact) mass is 295 g/mol. The molecule has 6 nitrogen and oxygen atoms in total. The summed E-state index contributed by atoms with van der Waals surface area (Å²) in [5.74, 6) is 0.283. The van der Waals surface area contributed by atoms with Crippen molar-refractivity contribution in [3.05, 3.63) is 60.4 Å². The van der Waals surface area contributed by atoms with E-state index in [0.717, 1.165) is 16.5 Å². The summed E-state index contributed by atoms with van der Waals surface area (Å²) in [6, 6.07) is 12.7. The van der Waals surface area contributed by atoms with Crippen LogP contribution in [0.5, 0.6) is 0 Å². The number of pyridine rings is 1. The smallest absolute Gasteiger partial charge is 0.255 e. The molecule has 3 rings (SSSR count). The van der Waals surface area contributed by atoms with Gasteiger partial charge in [0.15, 0.2) is 0 Å². The van der Waals surface area contributed by atoms with Crippen LogP contribution in [0.25, 0.3) is 10.9 Å². The first-order valence-electron chi connectivity index (χ1n) is 7.01. The number of rotatable bonds is 5. The first kappa shape index (κ1) is 14.1. The van der Waals surface area contributed by atoms with Gasteiger partial charge < -0.3 is 10.7 Å². The SMILES string of the molecule is N[C@@H](Cc1c[nH]c2ccccc12)C(=O)NNc1ccccn1. The second-order valence-electron chi connectivity index (χ2n) is 5.00. The van der Waals surface area contributed by atoms with E-state index in [-0.39, 0.29) is 5.91 Å². The fourth-order valence-electron chi connectivity index (χ4n) is 2.29. The number of hydrogen-bond donors (Lipinski definition) is 4. The highest BCUT2D eigenvalue weighted by Crippen LogP contribution is 2.18. The van der Waals surface area contributed by atoms with Crippen LogP contribution in [0.15, 0.2) is 54.9 Å². The molecular formula is C16H17N5O. The summed E-state index contributed by atoms with van der Waals surface area (Å²) < 4.78 is 0. The maximum absolute atomic E-state index is 12.0. The minimum Gasteiger partial charge on any atom is -0.361 e. The molecule has 0 aliphatic heterocycles. The Morgan fingerprint density at radius 2 is 2.05 bits per heavy atom. The number of hydrazine groups is 1. The molecule has 0 saturated carbocycles. The number of para-hydroxylation sites is 1. The number of nitrogens with zero attached hydrogens (tertiary/aromatic N) is 1. The summed E-state index contributed by atoms with van der Waals surface area (Å²) in [5.41, 5.74) is 13.4. The molecule has 0 bridgehead atoms. The number of hydrogen-bond acceptors (Lipinski definition) is 4. The molecule has 2 heterocycles. The van der Waals surface area contributed by atoms with Crippen LogP contribution in [0.2, 0.25) is 0 Å². The fraction of sp³-hybridized carbons (Fsp3) is 0.125. The van der Waals surface area contributed by atoms with Gasteiger partial charge in [-0.2, -0.15) is 0 Å². The van der Waals surface area contributed by atoms with Gasteiger partial charge in [-0.05, 0) is 30.2 Å². The molecule has 6 heteroatoms. The van der Waals surface area contributed by atoms with Crippen molar-refractivity contribution < 1.29 is 4.79 Å². The topological polar surface area (TPSA) is 95.8 Å². The van der Waals surface area contributed by atoms with Crippen LogP contribution in [0.3, 0.4) is 0 Å². The van der Waals surface area contributed by atoms with Crippen LogP contribution in [-0.2, 0) is 11.2 Å². The Balaban J connectivity index is 1.61. The molecule has 0 fully saturated rings. The summed E-state index contributed by atoms with van der Waals surface area (Å²) in [4.78, 5) is 19.3. The summed E-state index contributed by atoms with van der Waals surface area (Å²) in [7, 11) is 0. The summed E-state index contributed by atoms with van der Waals surface area (Å²) in [6.45, 7) is 0. The van der Waals surface area contributed by atoms with Crippen molar-refractivity contribution in [1.82, 2.24) is 15.4 Å². The third-order valence-electron chi connectivity index (χ3n) is 3.43. The highest BCUT2D eigenvalue weighted by atomic mass is 16.2. The Labute approximate surface area is 127 Å². The minimum atomic E-state index is -0.643. The van der Waals surface area contributed by atoms with Gasteiger partial charge in [0, 0.05) is 23.3 Å². The Morgan fingerprint density at radius 1 is 1.23 bits per heavy atom. The molecule has 0 aliphatic rings. The highest BCUT2D eigenvalue weighted by molar-refractivity contribution is 5.86. The normalized spacial score (nSPS) is 12.0. The molecule has 0 spiro atoms. The lowest BCUT2D eigenvalue weighted by Gasteiger charge is -2.13. The van der Waals surface area contributed by atoms with Crippen molar-refractivity contribution in [3.63, 3.8) is 0 Å². The molecule has 5 N–H and O–H groups in total. The van der Waals surface area contributed by atoms with Gasteiger partial charge in [-0.15, -0.1) is 0 Å². The molecule has 0 radical (unpaired) electrons. The standard InChI is InChI=1S/C16H17N5O/c17-13(16(22)21-20-15-7-3-4-8-18-15)9-11-10-19-14-6-2-1-5-12(11)14/h1-8,10,13,19H,9,17H2,(H,18,20)(H,21,22)/t13-/m0/s1. The first-order valence-corrected chi connectivity index (χ1v) is 7.01. The number of carbonyl (C=O) groups is 1. The quantitative estimate of drug-likeness (QED) is 0.537. The maximum atomic E-state index is 12.0. The second kappa shape index (κ2) is 6.28. The predicted molar refractivity (Wildman–Crippen MR) is 86.0 cm³/mol. The van der Waals surface area contributed by atoms with Crippen LogP contribution in [-0.4, -0.2) is 21.9 Å². The highest BCUT2D eigenvalue weighted by Gasteiger charge is 2.16. The zero-order valence-electron chi connectivity index (χ0n) is 11.9. The molecule has 1 aromatic carbocycles. The molecule has 112 valence electrons. The van der Waals surface area contributed by atoms with E-state index < -0.39 is 6.04 Å². The molecule has 0 aliphatic carbocycles. The number of anilines is 1. The van der Waals surface area contributed by atoms with Gasteiger partial charge in [0.2, 0.25) is 0 Å². The van der Waals surface area contributed by atoms with Crippen LogP contribution >= 0.6 is 0 Å². The van der Waals surface area contributed by atoms with Crippen LogP contribution in [0.1, 0.15) is 5.56 Å². The summed E-state index contributed by atoms with van der Waals surface area (Å²) in [5, 5.41) is 1.09. The van der Waals surface area contributed by atoms with Crippen LogP contribution in [0.4, 0.5) is 5.82 Å². The van der Waals surface area contributed by atoms with Crippen molar-refractivity contribution in [3.8, 4) is 0 Å². The zero-order chi connectivity index (χ0) is 15.4. The lowest BCUT2D eigenvalue weighted by atomic mass is 10.1. The Bertz CT molecular complexity index is 768. The number of aromatic amines is 1. The minimum absolute atomic E-state index is 0.282. The number of H-pyrrole nitrogens is 1. The first-order chi connectivity index (χ1) is 10.7. The number of carbonyl (C=O) groups excluding carboxylic acids is 1. The Hall–Kier alpha value is -2.86. The summed E-state index contributed by atoms with van der Waals surface area (Å²) >= 11 is 0. The van der Waals surface area contributed by atoms with Crippen molar-refractivity contribution in [2.24, 2.45) is 5.73 Å². The molecule has 1 amide bonds. The van der Waals surface area contributed by atoms with Crippen molar-refractivity contribution in [2.75, 3.05) is 5.43 Å². The molecule has 22 heavy (non-hydrogen) atoms. The molecule has 1 atom stereocenters. The lowest BCUT2D eigenvalue weighted by Crippen LogP contribution is -2.44. The zero-order valence-corrected chi connectivity index (χ0v) is 11.9. The van der Waals surface area contributed by atoms with Gasteiger partial charge >= 0.3 is 0 Å². The van der Waals surface area contributed by atoms with E-state index in [9.17, 15) is 4.79 Å². The van der Waals surface area contributed by atoms with E-state index >= 15 is 0 Å². The van der Waals surface area contributed by atoms with E-state index in [1.165, 1.54) is 0 Å². The molecular weight excluding hydrogens is 278 g/mol. The Morgan fingerprint density at radius 3 is 2.86 bits per heavy atom. The lowest BCUT2D eigenvalue weighted by molar-refractivity contribution is -0.121. The number of nitrogens with two attached hydrogens (primary N) is 1. The molecule has 0 unspecified atom stereocenters. The van der Waals surface area contributed by atoms with E-state index in [4.69, 9.17) is 5.73 Å². The van der Waals surface area contributed by atoms with E-state index in [1.54, 1.807) is 18.3 Å². The summed E-state index contributed by atoms with van der Waals surface area (Å²) in [6.07, 6.45) is 3.99. The number of fused-ring (bicyclic) bond motifs is 1. The third-order valence-corrected chi connectivity index (χ3v) is 3.43.